The third-order valence-corrected chi connectivity index (χ3v) is 7.38. The Morgan fingerprint density at radius 2 is 1.18 bits per heavy atom. The number of fused-ring (bicyclic) bond motifs is 2. The number of benzene rings is 2. The molecule has 0 bridgehead atoms. The van der Waals surface area contributed by atoms with E-state index < -0.39 is 0 Å². The Morgan fingerprint density at radius 1 is 0.758 bits per heavy atom. The molecule has 0 radical (unpaired) electrons. The summed E-state index contributed by atoms with van der Waals surface area (Å²) >= 11 is 12.2. The predicted molar refractivity (Wildman–Crippen MR) is 136 cm³/mol. The summed E-state index contributed by atoms with van der Waals surface area (Å²) in [5.74, 6) is 1.37. The van der Waals surface area contributed by atoms with E-state index in [0.29, 0.717) is 49.1 Å². The first-order valence-corrected chi connectivity index (χ1v) is 12.5. The molecule has 2 aromatic carbocycles. The van der Waals surface area contributed by atoms with Gasteiger partial charge < -0.3 is 21.3 Å². The van der Waals surface area contributed by atoms with Gasteiger partial charge in [-0.15, -0.1) is 23.2 Å². The average molecular weight is 489 g/mol. The number of carbonyl (C=O) groups is 2. The lowest BCUT2D eigenvalue weighted by atomic mass is 10.0. The second kappa shape index (κ2) is 10.2. The van der Waals surface area contributed by atoms with Crippen LogP contribution in [0.5, 0.6) is 0 Å². The molecule has 2 atom stereocenters. The van der Waals surface area contributed by atoms with Gasteiger partial charge in [0.1, 0.15) is 0 Å². The number of halogens is 2. The van der Waals surface area contributed by atoms with E-state index in [1.807, 2.05) is 46.2 Å². The summed E-state index contributed by atoms with van der Waals surface area (Å²) in [5, 5.41) is 0. The molecule has 0 saturated heterocycles. The number of unbranched alkanes of at least 4 members (excludes halogenated alkanes) is 2. The highest BCUT2D eigenvalue weighted by molar-refractivity contribution is 6.19. The van der Waals surface area contributed by atoms with Gasteiger partial charge in [-0.1, -0.05) is 18.6 Å². The highest BCUT2D eigenvalue weighted by Crippen LogP contribution is 2.40. The van der Waals surface area contributed by atoms with Crippen molar-refractivity contribution in [3.63, 3.8) is 0 Å². The molecular formula is C25H30Cl2N4O2. The molecule has 4 N–H and O–H groups in total. The summed E-state index contributed by atoms with van der Waals surface area (Å²) in [6.07, 6.45) is 3.16. The first kappa shape index (κ1) is 23.7. The van der Waals surface area contributed by atoms with Crippen molar-refractivity contribution in [2.45, 2.75) is 43.9 Å². The van der Waals surface area contributed by atoms with Crippen LogP contribution in [0.2, 0.25) is 0 Å². The number of nitrogens with two attached hydrogens (primary N) is 2. The molecule has 2 unspecified atom stereocenters. The quantitative estimate of drug-likeness (QED) is 0.315. The molecule has 6 nitrogen and oxygen atoms in total. The van der Waals surface area contributed by atoms with Gasteiger partial charge >= 0.3 is 0 Å². The molecule has 176 valence electrons. The standard InChI is InChI=1S/C25H30Cl2N4O2/c26-12-16-14-30(22-10-18(28)6-8-20(16)22)24(32)4-2-1-3-5-25(33)31-15-17(13-27)21-9-7-19(29)11-23(21)31/h6-11,16-17H,1-5,12-15,28-29H2. The number of nitrogens with zero attached hydrogens (tertiary/aromatic N) is 2. The summed E-state index contributed by atoms with van der Waals surface area (Å²) in [5.41, 5.74) is 17.1. The van der Waals surface area contributed by atoms with Crippen LogP contribution in [-0.4, -0.2) is 36.7 Å². The van der Waals surface area contributed by atoms with E-state index in [4.69, 9.17) is 34.7 Å². The van der Waals surface area contributed by atoms with Gasteiger partial charge in [-0.3, -0.25) is 9.59 Å². The molecule has 0 aliphatic carbocycles. The molecule has 8 heteroatoms. The number of rotatable bonds is 8. The normalized spacial score (nSPS) is 19.0. The largest absolute Gasteiger partial charge is 0.399 e. The van der Waals surface area contributed by atoms with Crippen LogP contribution < -0.4 is 21.3 Å². The van der Waals surface area contributed by atoms with Crippen molar-refractivity contribution in [2.24, 2.45) is 0 Å². The van der Waals surface area contributed by atoms with Gasteiger partial charge in [-0.2, -0.15) is 0 Å². The van der Waals surface area contributed by atoms with Crippen molar-refractivity contribution in [2.75, 3.05) is 46.1 Å². The monoisotopic (exact) mass is 488 g/mol. The zero-order chi connectivity index (χ0) is 23.5. The highest BCUT2D eigenvalue weighted by Gasteiger charge is 2.33. The van der Waals surface area contributed by atoms with Crippen LogP contribution in [0.25, 0.3) is 0 Å². The minimum atomic E-state index is 0.0784. The summed E-state index contributed by atoms with van der Waals surface area (Å²) in [4.78, 5) is 29.4. The summed E-state index contributed by atoms with van der Waals surface area (Å²) in [6, 6.07) is 11.4. The molecule has 2 aromatic rings. The Balaban J connectivity index is 1.26. The van der Waals surface area contributed by atoms with Crippen LogP contribution in [-0.2, 0) is 9.59 Å². The zero-order valence-corrected chi connectivity index (χ0v) is 20.1. The second-order valence-corrected chi connectivity index (χ2v) is 9.53. The zero-order valence-electron chi connectivity index (χ0n) is 18.6. The van der Waals surface area contributed by atoms with Crippen LogP contribution in [0.3, 0.4) is 0 Å². The van der Waals surface area contributed by atoms with Crippen molar-refractivity contribution < 1.29 is 9.59 Å². The lowest BCUT2D eigenvalue weighted by Gasteiger charge is -2.19. The first-order chi connectivity index (χ1) is 15.9. The van der Waals surface area contributed by atoms with Gasteiger partial charge in [0.15, 0.2) is 0 Å². The van der Waals surface area contributed by atoms with Crippen LogP contribution in [0.1, 0.15) is 55.1 Å². The Bertz CT molecular complexity index is 964. The van der Waals surface area contributed by atoms with Gasteiger partial charge in [-0.05, 0) is 48.2 Å². The Labute approximate surface area is 204 Å². The minimum absolute atomic E-state index is 0.0784. The number of amides is 2. The van der Waals surface area contributed by atoms with Crippen molar-refractivity contribution in [1.82, 2.24) is 0 Å². The van der Waals surface area contributed by atoms with E-state index in [2.05, 4.69) is 0 Å². The molecular weight excluding hydrogens is 459 g/mol. The van der Waals surface area contributed by atoms with E-state index in [1.54, 1.807) is 0 Å². The maximum atomic E-state index is 12.9. The van der Waals surface area contributed by atoms with Crippen LogP contribution in [0.15, 0.2) is 36.4 Å². The maximum Gasteiger partial charge on any atom is 0.227 e. The number of nitrogen functional groups attached to an aromatic ring is 2. The maximum absolute atomic E-state index is 12.9. The second-order valence-electron chi connectivity index (χ2n) is 8.91. The number of carbonyl (C=O) groups excluding carboxylic acids is 2. The van der Waals surface area contributed by atoms with E-state index in [-0.39, 0.29) is 23.7 Å². The molecule has 2 heterocycles. The molecule has 2 aliphatic heterocycles. The van der Waals surface area contributed by atoms with Gasteiger partial charge in [0.25, 0.3) is 0 Å². The molecule has 4 rings (SSSR count). The van der Waals surface area contributed by atoms with Gasteiger partial charge in [-0.25, -0.2) is 0 Å². The average Bonchev–Trinajstić information content (AvgIpc) is 3.36. The Morgan fingerprint density at radius 3 is 1.58 bits per heavy atom. The third-order valence-electron chi connectivity index (χ3n) is 6.63. The topological polar surface area (TPSA) is 92.7 Å². The number of anilines is 4. The first-order valence-electron chi connectivity index (χ1n) is 11.4. The summed E-state index contributed by atoms with van der Waals surface area (Å²) < 4.78 is 0. The molecule has 0 fully saturated rings. The SMILES string of the molecule is Nc1ccc2c(c1)N(C(=O)CCCCCC(=O)N1CC(CCl)c3ccc(N)cc31)CC2CCl. The van der Waals surface area contributed by atoms with Crippen molar-refractivity contribution in [3.8, 4) is 0 Å². The van der Waals surface area contributed by atoms with Crippen molar-refractivity contribution in [3.05, 3.63) is 47.5 Å². The van der Waals surface area contributed by atoms with Crippen LogP contribution in [0.4, 0.5) is 22.7 Å². The summed E-state index contributed by atoms with van der Waals surface area (Å²) in [7, 11) is 0. The van der Waals surface area contributed by atoms with E-state index in [9.17, 15) is 9.59 Å². The van der Waals surface area contributed by atoms with Crippen LogP contribution >= 0.6 is 23.2 Å². The van der Waals surface area contributed by atoms with Crippen molar-refractivity contribution in [1.29, 1.82) is 0 Å². The third kappa shape index (κ3) is 4.92. The fraction of sp³-hybridized carbons (Fsp3) is 0.440. The van der Waals surface area contributed by atoms with E-state index in [1.165, 1.54) is 0 Å². The van der Waals surface area contributed by atoms with E-state index >= 15 is 0 Å². The number of hydrogen-bond acceptors (Lipinski definition) is 4. The lowest BCUT2D eigenvalue weighted by Crippen LogP contribution is -2.30. The number of hydrogen-bond donors (Lipinski definition) is 2. The number of alkyl halides is 2. The fourth-order valence-electron chi connectivity index (χ4n) is 4.85. The van der Waals surface area contributed by atoms with Crippen molar-refractivity contribution >= 4 is 57.8 Å². The fourth-order valence-corrected chi connectivity index (χ4v) is 5.38. The van der Waals surface area contributed by atoms with Gasteiger partial charge in [0.2, 0.25) is 11.8 Å². The molecule has 0 saturated carbocycles. The Hall–Kier alpha value is -2.44. The smallest absolute Gasteiger partial charge is 0.227 e. The van der Waals surface area contributed by atoms with Gasteiger partial charge in [0.05, 0.1) is 0 Å². The summed E-state index contributed by atoms with van der Waals surface area (Å²) in [6.45, 7) is 1.19. The minimum Gasteiger partial charge on any atom is -0.399 e. The molecule has 0 spiro atoms. The molecule has 33 heavy (non-hydrogen) atoms. The van der Waals surface area contributed by atoms with E-state index in [0.717, 1.165) is 41.8 Å². The predicted octanol–water partition coefficient (Wildman–Crippen LogP) is 4.84. The molecule has 2 aliphatic rings. The lowest BCUT2D eigenvalue weighted by molar-refractivity contribution is -0.119. The highest BCUT2D eigenvalue weighted by atomic mass is 35.5. The molecule has 0 aromatic heterocycles. The van der Waals surface area contributed by atoms with Crippen LogP contribution in [0, 0.1) is 0 Å². The van der Waals surface area contributed by atoms with Gasteiger partial charge in [0, 0.05) is 72.3 Å². The Kier molecular flexibility index (Phi) is 7.35. The molecule has 2 amide bonds.